The Morgan fingerprint density at radius 2 is 0.818 bits per heavy atom. The minimum atomic E-state index is -0.769. The van der Waals surface area contributed by atoms with Gasteiger partial charge in [0.15, 0.2) is 0 Å². The van der Waals surface area contributed by atoms with E-state index in [0.29, 0.717) is 12.8 Å². The molecule has 0 heterocycles. The van der Waals surface area contributed by atoms with Crippen molar-refractivity contribution in [3.05, 3.63) is 0 Å². The lowest BCUT2D eigenvalue weighted by molar-refractivity contribution is -0.137. The highest BCUT2D eigenvalue weighted by atomic mass is 79.9. The van der Waals surface area contributed by atoms with Gasteiger partial charge < -0.3 is 10.2 Å². The smallest absolute Gasteiger partial charge is 0.317 e. The molecule has 4 nitrogen and oxygen atoms in total. The van der Waals surface area contributed by atoms with Gasteiger partial charge >= 0.3 is 11.9 Å². The third-order valence-corrected chi connectivity index (χ3v) is 5.40. The van der Waals surface area contributed by atoms with Gasteiger partial charge in [-0.1, -0.05) is 96.1 Å². The number of carboxylic acid groups (broad SMARTS) is 2. The molecule has 0 bridgehead atoms. The number of hydrogen-bond donors (Lipinski definition) is 2. The zero-order valence-electron chi connectivity index (χ0n) is 13.1. The molecule has 0 aliphatic heterocycles. The average Bonchev–Trinajstić information content (AvgIpc) is 2.47. The average molecular weight is 444 g/mol. The number of alkyl halides is 2. The Bertz CT molecular complexity index is 281. The largest absolute Gasteiger partial charge is 0.480 e. The van der Waals surface area contributed by atoms with Crippen LogP contribution in [-0.2, 0) is 9.59 Å². The molecule has 0 aromatic carbocycles. The first kappa shape index (κ1) is 21.9. The van der Waals surface area contributed by atoms with Crippen LogP contribution in [0.5, 0.6) is 0 Å². The first-order valence-corrected chi connectivity index (χ1v) is 10.0. The number of unbranched alkanes of at least 4 members (excludes halogenated alkanes) is 9. The molecule has 0 saturated carbocycles. The molecule has 0 saturated heterocycles. The highest BCUT2D eigenvalue weighted by Crippen LogP contribution is 2.16. The Morgan fingerprint density at radius 1 is 0.591 bits per heavy atom. The minimum absolute atomic E-state index is 0.396. The van der Waals surface area contributed by atoms with Crippen LogP contribution in [0.2, 0.25) is 0 Å². The Hall–Kier alpha value is -0.100. The van der Waals surface area contributed by atoms with Gasteiger partial charge in [0.2, 0.25) is 0 Å². The molecule has 2 N–H and O–H groups in total. The summed E-state index contributed by atoms with van der Waals surface area (Å²) >= 11 is 6.30. The standard InChI is InChI=1S/C16H28Br2O4/c17-13(15(19)20)11-9-7-5-3-1-2-4-6-8-10-12-14(18)16(21)22/h13-14H,1-12H2,(H,19,20)(H,21,22). The second kappa shape index (κ2) is 14.5. The first-order chi connectivity index (χ1) is 10.4. The third kappa shape index (κ3) is 13.6. The molecular weight excluding hydrogens is 416 g/mol. The van der Waals surface area contributed by atoms with Gasteiger partial charge in [-0.3, -0.25) is 9.59 Å². The van der Waals surface area contributed by atoms with Crippen LogP contribution in [0.25, 0.3) is 0 Å². The van der Waals surface area contributed by atoms with Crippen LogP contribution in [0.1, 0.15) is 77.0 Å². The van der Waals surface area contributed by atoms with E-state index in [0.717, 1.165) is 25.7 Å². The summed E-state index contributed by atoms with van der Waals surface area (Å²) in [4.78, 5) is 20.4. The Kier molecular flexibility index (Phi) is 14.4. The lowest BCUT2D eigenvalue weighted by atomic mass is 10.0. The summed E-state index contributed by atoms with van der Waals surface area (Å²) in [5, 5.41) is 17.4. The SMILES string of the molecule is O=C(O)C(Br)CCCCCCCCCCCCC(Br)C(=O)O. The molecule has 0 spiro atoms. The quantitative estimate of drug-likeness (QED) is 0.263. The zero-order valence-corrected chi connectivity index (χ0v) is 16.3. The second-order valence-electron chi connectivity index (χ2n) is 5.72. The fourth-order valence-corrected chi connectivity index (χ4v) is 2.96. The van der Waals surface area contributed by atoms with E-state index < -0.39 is 21.6 Å². The molecule has 2 atom stereocenters. The van der Waals surface area contributed by atoms with E-state index in [1.807, 2.05) is 0 Å². The summed E-state index contributed by atoms with van der Waals surface area (Å²) in [5.41, 5.74) is 0. The molecule has 2 unspecified atom stereocenters. The van der Waals surface area contributed by atoms with Crippen LogP contribution >= 0.6 is 31.9 Å². The molecule has 0 aromatic rings. The highest BCUT2D eigenvalue weighted by molar-refractivity contribution is 9.10. The van der Waals surface area contributed by atoms with Crippen molar-refractivity contribution in [2.24, 2.45) is 0 Å². The zero-order chi connectivity index (χ0) is 16.8. The predicted octanol–water partition coefficient (Wildman–Crippen LogP) is 5.36. The fourth-order valence-electron chi connectivity index (χ4n) is 2.31. The van der Waals surface area contributed by atoms with Gasteiger partial charge in [0.1, 0.15) is 9.65 Å². The number of carbonyl (C=O) groups is 2. The van der Waals surface area contributed by atoms with Crippen molar-refractivity contribution in [2.45, 2.75) is 86.7 Å². The van der Waals surface area contributed by atoms with Crippen molar-refractivity contribution in [1.82, 2.24) is 0 Å². The molecular formula is C16H28Br2O4. The minimum Gasteiger partial charge on any atom is -0.480 e. The van der Waals surface area contributed by atoms with Crippen molar-refractivity contribution in [3.63, 3.8) is 0 Å². The van der Waals surface area contributed by atoms with Gasteiger partial charge in [-0.05, 0) is 12.8 Å². The Balaban J connectivity index is 3.18. The lowest BCUT2D eigenvalue weighted by Gasteiger charge is -2.05. The molecule has 0 fully saturated rings. The Labute approximate surface area is 150 Å². The molecule has 0 rings (SSSR count). The summed E-state index contributed by atoms with van der Waals surface area (Å²) in [6, 6.07) is 0. The summed E-state index contributed by atoms with van der Waals surface area (Å²) in [6.45, 7) is 0. The van der Waals surface area contributed by atoms with Crippen LogP contribution in [0.15, 0.2) is 0 Å². The molecule has 0 aromatic heterocycles. The van der Waals surface area contributed by atoms with Crippen LogP contribution < -0.4 is 0 Å². The summed E-state index contributed by atoms with van der Waals surface area (Å²) in [7, 11) is 0. The fraction of sp³-hybridized carbons (Fsp3) is 0.875. The maximum Gasteiger partial charge on any atom is 0.317 e. The van der Waals surface area contributed by atoms with Crippen molar-refractivity contribution < 1.29 is 19.8 Å². The van der Waals surface area contributed by atoms with E-state index in [9.17, 15) is 9.59 Å². The van der Waals surface area contributed by atoms with E-state index in [1.54, 1.807) is 0 Å². The molecule has 22 heavy (non-hydrogen) atoms. The summed E-state index contributed by atoms with van der Waals surface area (Å²) in [5.74, 6) is -1.54. The summed E-state index contributed by atoms with van der Waals surface area (Å²) < 4.78 is 0. The maximum atomic E-state index is 10.6. The van der Waals surface area contributed by atoms with Crippen molar-refractivity contribution in [1.29, 1.82) is 0 Å². The van der Waals surface area contributed by atoms with Gasteiger partial charge in [-0.25, -0.2) is 0 Å². The number of rotatable bonds is 15. The third-order valence-electron chi connectivity index (χ3n) is 3.70. The lowest BCUT2D eigenvalue weighted by Crippen LogP contribution is -2.11. The van der Waals surface area contributed by atoms with E-state index in [-0.39, 0.29) is 0 Å². The number of hydrogen-bond acceptors (Lipinski definition) is 2. The van der Waals surface area contributed by atoms with E-state index in [4.69, 9.17) is 10.2 Å². The van der Waals surface area contributed by atoms with Gasteiger partial charge in [0, 0.05) is 0 Å². The first-order valence-electron chi connectivity index (χ1n) is 8.19. The van der Waals surface area contributed by atoms with Gasteiger partial charge in [0.25, 0.3) is 0 Å². The van der Waals surface area contributed by atoms with E-state index in [1.165, 1.54) is 38.5 Å². The van der Waals surface area contributed by atoms with Crippen molar-refractivity contribution in [3.8, 4) is 0 Å². The summed E-state index contributed by atoms with van der Waals surface area (Å²) in [6.07, 6.45) is 12.9. The highest BCUT2D eigenvalue weighted by Gasteiger charge is 2.12. The number of halogens is 2. The molecule has 0 aliphatic carbocycles. The van der Waals surface area contributed by atoms with Gasteiger partial charge in [-0.15, -0.1) is 0 Å². The van der Waals surface area contributed by atoms with Gasteiger partial charge in [0.05, 0.1) is 0 Å². The van der Waals surface area contributed by atoms with Crippen LogP contribution in [-0.4, -0.2) is 31.8 Å². The predicted molar refractivity (Wildman–Crippen MR) is 96.1 cm³/mol. The monoisotopic (exact) mass is 442 g/mol. The molecule has 6 heteroatoms. The number of aliphatic carboxylic acids is 2. The van der Waals surface area contributed by atoms with E-state index in [2.05, 4.69) is 31.9 Å². The Morgan fingerprint density at radius 3 is 1.05 bits per heavy atom. The maximum absolute atomic E-state index is 10.6. The van der Waals surface area contributed by atoms with Crippen LogP contribution in [0.4, 0.5) is 0 Å². The van der Waals surface area contributed by atoms with Gasteiger partial charge in [-0.2, -0.15) is 0 Å². The van der Waals surface area contributed by atoms with E-state index >= 15 is 0 Å². The van der Waals surface area contributed by atoms with Crippen LogP contribution in [0.3, 0.4) is 0 Å². The molecule has 130 valence electrons. The van der Waals surface area contributed by atoms with Crippen molar-refractivity contribution in [2.75, 3.05) is 0 Å². The molecule has 0 amide bonds. The molecule has 0 aliphatic rings. The topological polar surface area (TPSA) is 74.6 Å². The molecule has 0 radical (unpaired) electrons. The van der Waals surface area contributed by atoms with Crippen LogP contribution in [0, 0.1) is 0 Å². The normalized spacial score (nSPS) is 13.7. The number of carboxylic acids is 2. The second-order valence-corrected chi connectivity index (χ2v) is 7.94. The van der Waals surface area contributed by atoms with Crippen molar-refractivity contribution >= 4 is 43.8 Å².